The van der Waals surface area contributed by atoms with Gasteiger partial charge in [-0.1, -0.05) is 17.7 Å². The van der Waals surface area contributed by atoms with Gasteiger partial charge in [0.15, 0.2) is 5.69 Å². The fourth-order valence-corrected chi connectivity index (χ4v) is 1.75. The number of halogens is 3. The van der Waals surface area contributed by atoms with Crippen LogP contribution in [0.2, 0.25) is 5.02 Å². The number of H-pyrrole nitrogens is 1. The van der Waals surface area contributed by atoms with Gasteiger partial charge < -0.3 is 4.98 Å². The molecule has 0 unspecified atom stereocenters. The molecule has 0 atom stereocenters. The first-order valence-corrected chi connectivity index (χ1v) is 5.50. The molecule has 1 heterocycles. The number of rotatable bonds is 3. The standard InChI is InChI=1S/C12H9ClF2N2O/c1-2-5-12(14,15)10-11(18)17-8-4-3-7(13)6-9(8)16-10/h2-4,6H,1,5H2,(H,17,18). The molecule has 6 heteroatoms. The van der Waals surface area contributed by atoms with Gasteiger partial charge in [0, 0.05) is 11.4 Å². The van der Waals surface area contributed by atoms with E-state index in [9.17, 15) is 13.6 Å². The predicted molar refractivity (Wildman–Crippen MR) is 66.1 cm³/mol. The molecule has 18 heavy (non-hydrogen) atoms. The average molecular weight is 271 g/mol. The number of fused-ring (bicyclic) bond motifs is 1. The molecule has 0 spiro atoms. The number of aromatic amines is 1. The predicted octanol–water partition coefficient (Wildman–Crippen LogP) is 3.24. The summed E-state index contributed by atoms with van der Waals surface area (Å²) < 4.78 is 27.3. The number of benzene rings is 1. The van der Waals surface area contributed by atoms with Crippen LogP contribution in [0.25, 0.3) is 11.0 Å². The topological polar surface area (TPSA) is 45.8 Å². The average Bonchev–Trinajstić information content (AvgIpc) is 2.28. The van der Waals surface area contributed by atoms with Crippen LogP contribution in [-0.2, 0) is 5.92 Å². The van der Waals surface area contributed by atoms with Crippen LogP contribution in [0, 0.1) is 0 Å². The number of nitrogens with one attached hydrogen (secondary N) is 1. The van der Waals surface area contributed by atoms with Gasteiger partial charge in [-0.05, 0) is 18.2 Å². The molecule has 1 N–H and O–H groups in total. The van der Waals surface area contributed by atoms with Crippen molar-refractivity contribution in [2.24, 2.45) is 0 Å². The second kappa shape index (κ2) is 4.49. The fraction of sp³-hybridized carbons (Fsp3) is 0.167. The summed E-state index contributed by atoms with van der Waals surface area (Å²) in [4.78, 5) is 17.6. The SMILES string of the molecule is C=CCC(F)(F)c1nc2cc(Cl)ccc2[nH]c1=O. The zero-order chi connectivity index (χ0) is 13.3. The zero-order valence-corrected chi connectivity index (χ0v) is 9.97. The maximum atomic E-state index is 13.7. The third-order valence-electron chi connectivity index (χ3n) is 2.40. The quantitative estimate of drug-likeness (QED) is 0.870. The molecule has 0 bridgehead atoms. The van der Waals surface area contributed by atoms with Gasteiger partial charge in [-0.25, -0.2) is 4.98 Å². The van der Waals surface area contributed by atoms with Crippen molar-refractivity contribution >= 4 is 22.6 Å². The lowest BCUT2D eigenvalue weighted by atomic mass is 10.1. The first kappa shape index (κ1) is 12.7. The van der Waals surface area contributed by atoms with Gasteiger partial charge in [0.2, 0.25) is 0 Å². The molecule has 0 radical (unpaired) electrons. The highest BCUT2D eigenvalue weighted by Crippen LogP contribution is 2.29. The minimum atomic E-state index is -3.34. The van der Waals surface area contributed by atoms with Gasteiger partial charge >= 0.3 is 0 Å². The second-order valence-electron chi connectivity index (χ2n) is 3.77. The Morgan fingerprint density at radius 2 is 2.22 bits per heavy atom. The summed E-state index contributed by atoms with van der Waals surface area (Å²) in [6, 6.07) is 4.48. The van der Waals surface area contributed by atoms with Crippen molar-refractivity contribution < 1.29 is 8.78 Å². The van der Waals surface area contributed by atoms with Gasteiger partial charge in [-0.3, -0.25) is 4.79 Å². The summed E-state index contributed by atoms with van der Waals surface area (Å²) in [5.74, 6) is -3.34. The number of nitrogens with zero attached hydrogens (tertiary/aromatic N) is 1. The van der Waals surface area contributed by atoms with Crippen LogP contribution in [0.5, 0.6) is 0 Å². The van der Waals surface area contributed by atoms with E-state index in [0.717, 1.165) is 6.08 Å². The van der Waals surface area contributed by atoms with E-state index in [-0.39, 0.29) is 5.52 Å². The van der Waals surface area contributed by atoms with Crippen LogP contribution in [-0.4, -0.2) is 9.97 Å². The Hall–Kier alpha value is -1.75. The molecule has 0 saturated carbocycles. The normalized spacial score (nSPS) is 11.7. The number of aromatic nitrogens is 2. The van der Waals surface area contributed by atoms with Crippen molar-refractivity contribution in [1.82, 2.24) is 9.97 Å². The van der Waals surface area contributed by atoms with E-state index >= 15 is 0 Å². The van der Waals surface area contributed by atoms with Gasteiger partial charge in [0.25, 0.3) is 11.5 Å². The maximum absolute atomic E-state index is 13.7. The van der Waals surface area contributed by atoms with Crippen LogP contribution in [0.15, 0.2) is 35.6 Å². The maximum Gasteiger partial charge on any atom is 0.298 e. The molecular formula is C12H9ClF2N2O. The Kier molecular flexibility index (Phi) is 3.17. The summed E-state index contributed by atoms with van der Waals surface area (Å²) in [6.07, 6.45) is 0.401. The van der Waals surface area contributed by atoms with E-state index in [0.29, 0.717) is 10.5 Å². The number of alkyl halides is 2. The van der Waals surface area contributed by atoms with Crippen molar-refractivity contribution in [3.05, 3.63) is 51.9 Å². The lowest BCUT2D eigenvalue weighted by molar-refractivity contribution is -0.00662. The lowest BCUT2D eigenvalue weighted by Gasteiger charge is -2.12. The van der Waals surface area contributed by atoms with E-state index in [1.807, 2.05) is 0 Å². The van der Waals surface area contributed by atoms with E-state index < -0.39 is 23.6 Å². The summed E-state index contributed by atoms with van der Waals surface area (Å²) in [5, 5.41) is 0.361. The van der Waals surface area contributed by atoms with Crippen molar-refractivity contribution in [1.29, 1.82) is 0 Å². The summed E-state index contributed by atoms with van der Waals surface area (Å²) >= 11 is 5.75. The lowest BCUT2D eigenvalue weighted by Crippen LogP contribution is -2.26. The Labute approximate surface area is 106 Å². The molecule has 0 saturated heterocycles. The molecule has 1 aromatic carbocycles. The molecule has 0 fully saturated rings. The second-order valence-corrected chi connectivity index (χ2v) is 4.21. The monoisotopic (exact) mass is 270 g/mol. The van der Waals surface area contributed by atoms with Crippen LogP contribution in [0.3, 0.4) is 0 Å². The molecule has 0 aliphatic rings. The van der Waals surface area contributed by atoms with Crippen LogP contribution < -0.4 is 5.56 Å². The highest BCUT2D eigenvalue weighted by atomic mass is 35.5. The molecule has 94 valence electrons. The van der Waals surface area contributed by atoms with Gasteiger partial charge in [0.1, 0.15) is 0 Å². The Bertz CT molecular complexity index is 667. The third kappa shape index (κ3) is 2.26. The minimum Gasteiger partial charge on any atom is -0.319 e. The Morgan fingerprint density at radius 3 is 2.89 bits per heavy atom. The van der Waals surface area contributed by atoms with E-state index in [4.69, 9.17) is 11.6 Å². The number of hydrogen-bond donors (Lipinski definition) is 1. The molecular weight excluding hydrogens is 262 g/mol. The zero-order valence-electron chi connectivity index (χ0n) is 9.21. The molecule has 2 aromatic rings. The number of allylic oxidation sites excluding steroid dienone is 1. The van der Waals surface area contributed by atoms with Crippen molar-refractivity contribution in [3.8, 4) is 0 Å². The van der Waals surface area contributed by atoms with Crippen molar-refractivity contribution in [2.75, 3.05) is 0 Å². The third-order valence-corrected chi connectivity index (χ3v) is 2.64. The smallest absolute Gasteiger partial charge is 0.298 e. The Morgan fingerprint density at radius 1 is 1.50 bits per heavy atom. The summed E-state index contributed by atoms with van der Waals surface area (Å²) in [6.45, 7) is 3.24. The number of hydrogen-bond acceptors (Lipinski definition) is 2. The van der Waals surface area contributed by atoms with Crippen LogP contribution in [0.1, 0.15) is 12.1 Å². The molecule has 3 nitrogen and oxygen atoms in total. The first-order chi connectivity index (χ1) is 8.44. The van der Waals surface area contributed by atoms with Crippen molar-refractivity contribution in [2.45, 2.75) is 12.3 Å². The molecule has 1 aromatic heterocycles. The first-order valence-electron chi connectivity index (χ1n) is 5.13. The molecule has 2 rings (SSSR count). The van der Waals surface area contributed by atoms with Crippen LogP contribution in [0.4, 0.5) is 8.78 Å². The van der Waals surface area contributed by atoms with Crippen LogP contribution >= 0.6 is 11.6 Å². The van der Waals surface area contributed by atoms with Gasteiger partial charge in [-0.15, -0.1) is 6.58 Å². The summed E-state index contributed by atoms with van der Waals surface area (Å²) in [7, 11) is 0. The van der Waals surface area contributed by atoms with Gasteiger partial charge in [-0.2, -0.15) is 8.78 Å². The highest BCUT2D eigenvalue weighted by Gasteiger charge is 2.35. The van der Waals surface area contributed by atoms with Gasteiger partial charge in [0.05, 0.1) is 11.0 Å². The molecule has 0 aliphatic carbocycles. The van der Waals surface area contributed by atoms with E-state index in [2.05, 4.69) is 16.5 Å². The minimum absolute atomic E-state index is 0.223. The van der Waals surface area contributed by atoms with E-state index in [1.54, 1.807) is 6.07 Å². The van der Waals surface area contributed by atoms with E-state index in [1.165, 1.54) is 12.1 Å². The fourth-order valence-electron chi connectivity index (χ4n) is 1.58. The molecule has 0 aliphatic heterocycles. The molecule has 0 amide bonds. The largest absolute Gasteiger partial charge is 0.319 e. The highest BCUT2D eigenvalue weighted by molar-refractivity contribution is 6.31. The summed E-state index contributed by atoms with van der Waals surface area (Å²) in [5.41, 5.74) is -1.14. The Balaban J connectivity index is 2.68. The van der Waals surface area contributed by atoms with Crippen molar-refractivity contribution in [3.63, 3.8) is 0 Å².